The van der Waals surface area contributed by atoms with Crippen molar-refractivity contribution >= 4 is 11.4 Å². The van der Waals surface area contributed by atoms with Gasteiger partial charge in [0.25, 0.3) is 0 Å². The lowest BCUT2D eigenvalue weighted by atomic mass is 9.78. The van der Waals surface area contributed by atoms with Gasteiger partial charge in [-0.25, -0.2) is 0 Å². The molecule has 0 saturated heterocycles. The van der Waals surface area contributed by atoms with Crippen LogP contribution in [0.5, 0.6) is 0 Å². The second-order valence-electron chi connectivity index (χ2n) is 5.80. The molecule has 19 heavy (non-hydrogen) atoms. The molecule has 0 bridgehead atoms. The van der Waals surface area contributed by atoms with Gasteiger partial charge in [-0.05, 0) is 36.1 Å². The molecule has 0 N–H and O–H groups in total. The van der Waals surface area contributed by atoms with E-state index >= 15 is 0 Å². The number of aliphatic imine (C=N–C) groups is 1. The summed E-state index contributed by atoms with van der Waals surface area (Å²) in [6.07, 6.45) is 0.982. The highest BCUT2D eigenvalue weighted by Crippen LogP contribution is 2.42. The molecule has 0 fully saturated rings. The van der Waals surface area contributed by atoms with Gasteiger partial charge in [-0.2, -0.15) is 0 Å². The summed E-state index contributed by atoms with van der Waals surface area (Å²) < 4.78 is 0. The second kappa shape index (κ2) is 4.34. The van der Waals surface area contributed by atoms with E-state index in [1.165, 1.54) is 22.4 Å². The van der Waals surface area contributed by atoms with Gasteiger partial charge >= 0.3 is 0 Å². The first-order valence-electron chi connectivity index (χ1n) is 6.81. The van der Waals surface area contributed by atoms with Crippen LogP contribution in [0.3, 0.4) is 0 Å². The summed E-state index contributed by atoms with van der Waals surface area (Å²) in [5, 5.41) is 0. The predicted octanol–water partition coefficient (Wildman–Crippen LogP) is 4.66. The Morgan fingerprint density at radius 2 is 1.68 bits per heavy atom. The molecule has 0 amide bonds. The molecule has 0 saturated carbocycles. The van der Waals surface area contributed by atoms with Gasteiger partial charge in [0.1, 0.15) is 0 Å². The van der Waals surface area contributed by atoms with Crippen molar-refractivity contribution in [2.24, 2.45) is 4.99 Å². The number of rotatable bonds is 2. The lowest BCUT2D eigenvalue weighted by molar-refractivity contribution is 0.723. The lowest BCUT2D eigenvalue weighted by Gasteiger charge is -2.23. The Kier molecular flexibility index (Phi) is 2.78. The van der Waals surface area contributed by atoms with E-state index in [4.69, 9.17) is 4.99 Å². The van der Waals surface area contributed by atoms with E-state index in [1.807, 2.05) is 0 Å². The topological polar surface area (TPSA) is 12.4 Å². The van der Waals surface area contributed by atoms with E-state index in [-0.39, 0.29) is 5.41 Å². The van der Waals surface area contributed by atoms with Crippen molar-refractivity contribution in [2.75, 3.05) is 0 Å². The minimum absolute atomic E-state index is 0.0563. The van der Waals surface area contributed by atoms with Crippen LogP contribution >= 0.6 is 0 Å². The fourth-order valence-corrected chi connectivity index (χ4v) is 2.87. The van der Waals surface area contributed by atoms with Crippen molar-refractivity contribution in [2.45, 2.75) is 32.6 Å². The third-order valence-corrected chi connectivity index (χ3v) is 4.18. The highest BCUT2D eigenvalue weighted by molar-refractivity contribution is 6.00. The van der Waals surface area contributed by atoms with Crippen molar-refractivity contribution in [3.05, 3.63) is 65.2 Å². The molecule has 1 aliphatic rings. The Balaban J connectivity index is 2.05. The van der Waals surface area contributed by atoms with Gasteiger partial charge in [-0.3, -0.25) is 4.99 Å². The third-order valence-electron chi connectivity index (χ3n) is 4.18. The average molecular weight is 249 g/mol. The largest absolute Gasteiger partial charge is 0.257 e. The summed E-state index contributed by atoms with van der Waals surface area (Å²) in [6.45, 7) is 6.67. The minimum atomic E-state index is 0.0563. The van der Waals surface area contributed by atoms with E-state index in [0.717, 1.165) is 12.1 Å². The Bertz CT molecular complexity index is 636. The normalized spacial score (nSPS) is 16.1. The summed E-state index contributed by atoms with van der Waals surface area (Å²) in [4.78, 5) is 4.72. The third kappa shape index (κ3) is 1.99. The monoisotopic (exact) mass is 249 g/mol. The first-order chi connectivity index (χ1) is 9.09. The van der Waals surface area contributed by atoms with E-state index < -0.39 is 0 Å². The second-order valence-corrected chi connectivity index (χ2v) is 5.80. The quantitative estimate of drug-likeness (QED) is 0.734. The zero-order valence-electron chi connectivity index (χ0n) is 11.8. The van der Waals surface area contributed by atoms with Crippen molar-refractivity contribution in [1.82, 2.24) is 0 Å². The smallest absolute Gasteiger partial charge is 0.0673 e. The van der Waals surface area contributed by atoms with E-state index in [0.29, 0.717) is 0 Å². The molecule has 3 rings (SSSR count). The molecule has 2 aromatic carbocycles. The van der Waals surface area contributed by atoms with Gasteiger partial charge in [-0.1, -0.05) is 56.3 Å². The summed E-state index contributed by atoms with van der Waals surface area (Å²) in [5.74, 6) is 0. The van der Waals surface area contributed by atoms with Gasteiger partial charge in [0.15, 0.2) is 0 Å². The molecule has 1 heterocycles. The summed E-state index contributed by atoms with van der Waals surface area (Å²) in [5.41, 5.74) is 6.57. The van der Waals surface area contributed by atoms with Crippen LogP contribution in [-0.4, -0.2) is 5.71 Å². The molecule has 2 aromatic rings. The Morgan fingerprint density at radius 1 is 0.947 bits per heavy atom. The molecule has 0 spiro atoms. The molecule has 0 aromatic heterocycles. The van der Waals surface area contributed by atoms with Gasteiger partial charge in [-0.15, -0.1) is 0 Å². The van der Waals surface area contributed by atoms with Crippen LogP contribution in [0.4, 0.5) is 5.69 Å². The zero-order valence-corrected chi connectivity index (χ0v) is 11.8. The lowest BCUT2D eigenvalue weighted by Crippen LogP contribution is -2.24. The van der Waals surface area contributed by atoms with Crippen LogP contribution in [0.1, 0.15) is 37.5 Å². The highest BCUT2D eigenvalue weighted by Gasteiger charge is 2.34. The molecular weight excluding hydrogens is 230 g/mol. The van der Waals surface area contributed by atoms with Gasteiger partial charge in [0.2, 0.25) is 0 Å². The fourth-order valence-electron chi connectivity index (χ4n) is 2.87. The van der Waals surface area contributed by atoms with Crippen molar-refractivity contribution in [3.8, 4) is 0 Å². The number of nitrogens with zero attached hydrogens (tertiary/aromatic N) is 1. The van der Waals surface area contributed by atoms with E-state index in [9.17, 15) is 0 Å². The fraction of sp³-hybridized carbons (Fsp3) is 0.278. The zero-order chi connectivity index (χ0) is 13.5. The number of hydrogen-bond acceptors (Lipinski definition) is 1. The first-order valence-corrected chi connectivity index (χ1v) is 6.81. The Labute approximate surface area is 115 Å². The van der Waals surface area contributed by atoms with Crippen LogP contribution in [0, 0.1) is 0 Å². The van der Waals surface area contributed by atoms with E-state index in [2.05, 4.69) is 69.3 Å². The van der Waals surface area contributed by atoms with Crippen molar-refractivity contribution in [1.29, 1.82) is 0 Å². The number of fused-ring (bicyclic) bond motifs is 1. The van der Waals surface area contributed by atoms with Crippen LogP contribution in [0.15, 0.2) is 53.5 Å². The SMILES string of the molecule is CC1=Nc2cccc(Cc3ccccc3)c2C1(C)C. The van der Waals surface area contributed by atoms with Gasteiger partial charge in [0.05, 0.1) is 5.69 Å². The highest BCUT2D eigenvalue weighted by atomic mass is 14.8. The molecule has 0 aliphatic carbocycles. The molecule has 0 radical (unpaired) electrons. The predicted molar refractivity (Wildman–Crippen MR) is 81.5 cm³/mol. The molecule has 0 unspecified atom stereocenters. The standard InChI is InChI=1S/C18H19N/c1-13-18(2,3)17-15(10-7-11-16(17)19-13)12-14-8-5-4-6-9-14/h4-11H,12H2,1-3H3. The molecule has 96 valence electrons. The maximum Gasteiger partial charge on any atom is 0.0673 e. The van der Waals surface area contributed by atoms with Crippen LogP contribution in [0.2, 0.25) is 0 Å². The number of benzene rings is 2. The van der Waals surface area contributed by atoms with Crippen LogP contribution < -0.4 is 0 Å². The summed E-state index contributed by atoms with van der Waals surface area (Å²) >= 11 is 0. The minimum Gasteiger partial charge on any atom is -0.257 e. The Hall–Kier alpha value is -1.89. The van der Waals surface area contributed by atoms with Crippen molar-refractivity contribution in [3.63, 3.8) is 0 Å². The first kappa shape index (κ1) is 12.2. The molecule has 1 aliphatic heterocycles. The van der Waals surface area contributed by atoms with Gasteiger partial charge < -0.3 is 0 Å². The van der Waals surface area contributed by atoms with Crippen LogP contribution in [-0.2, 0) is 11.8 Å². The number of hydrogen-bond donors (Lipinski definition) is 0. The maximum absolute atomic E-state index is 4.72. The molecule has 1 nitrogen and oxygen atoms in total. The Morgan fingerprint density at radius 3 is 2.42 bits per heavy atom. The molecule has 0 atom stereocenters. The maximum atomic E-state index is 4.72. The van der Waals surface area contributed by atoms with Crippen molar-refractivity contribution < 1.29 is 0 Å². The molecular formula is C18H19N. The summed E-state index contributed by atoms with van der Waals surface area (Å²) in [6, 6.07) is 17.1. The van der Waals surface area contributed by atoms with E-state index in [1.54, 1.807) is 0 Å². The van der Waals surface area contributed by atoms with Crippen LogP contribution in [0.25, 0.3) is 0 Å². The van der Waals surface area contributed by atoms with Gasteiger partial charge in [0, 0.05) is 11.1 Å². The molecule has 1 heteroatoms. The average Bonchev–Trinajstić information content (AvgIpc) is 2.62. The summed E-state index contributed by atoms with van der Waals surface area (Å²) in [7, 11) is 0.